The first-order valence-electron chi connectivity index (χ1n) is 12.3. The van der Waals surface area contributed by atoms with E-state index in [-0.39, 0.29) is 26.5 Å². The lowest BCUT2D eigenvalue weighted by Crippen LogP contribution is -2.78. The van der Waals surface area contributed by atoms with Gasteiger partial charge in [-0.25, -0.2) is 0 Å². The van der Waals surface area contributed by atoms with Crippen LogP contribution in [0.4, 0.5) is 39.5 Å². The molecule has 16 heteroatoms. The summed E-state index contributed by atoms with van der Waals surface area (Å²) in [6, 6.07) is -0.848. The Morgan fingerprint density at radius 1 is 0.500 bits per heavy atom. The van der Waals surface area contributed by atoms with Crippen molar-refractivity contribution in [1.82, 2.24) is 13.7 Å². The van der Waals surface area contributed by atoms with Gasteiger partial charge in [-0.05, 0) is 6.04 Å². The van der Waals surface area contributed by atoms with Crippen molar-refractivity contribution < 1.29 is 53.9 Å². The summed E-state index contributed by atoms with van der Waals surface area (Å²) in [7, 11) is -4.34. The molecule has 0 aliphatic heterocycles. The van der Waals surface area contributed by atoms with Crippen LogP contribution in [0.15, 0.2) is 0 Å². The van der Waals surface area contributed by atoms with Gasteiger partial charge < -0.3 is 13.7 Å². The van der Waals surface area contributed by atoms with E-state index in [1.54, 1.807) is 0 Å². The van der Waals surface area contributed by atoms with Crippen molar-refractivity contribution in [3.63, 3.8) is 0 Å². The Morgan fingerprint density at radius 3 is 0.974 bits per heavy atom. The highest BCUT2D eigenvalue weighted by Gasteiger charge is 2.63. The maximum absolute atomic E-state index is 13.3. The van der Waals surface area contributed by atoms with Crippen molar-refractivity contribution in [3.8, 4) is 0 Å². The number of amides is 3. The summed E-state index contributed by atoms with van der Waals surface area (Å²) >= 11 is 0. The van der Waals surface area contributed by atoms with E-state index in [1.807, 2.05) is 0 Å². The Balaban J connectivity index is 5.98. The third-order valence-corrected chi connectivity index (χ3v) is 11.2. The summed E-state index contributed by atoms with van der Waals surface area (Å²) in [5.41, 5.74) is 0. The lowest BCUT2D eigenvalue weighted by molar-refractivity contribution is -0.187. The second-order valence-corrected chi connectivity index (χ2v) is 13.2. The number of nitrogens with zero attached hydrogens (tertiary/aromatic N) is 3. The summed E-state index contributed by atoms with van der Waals surface area (Å²) < 4.78 is 118. The second kappa shape index (κ2) is 15.0. The molecule has 0 unspecified atom stereocenters. The first kappa shape index (κ1) is 36.0. The molecule has 38 heavy (non-hydrogen) atoms. The fourth-order valence-electron chi connectivity index (χ4n) is 4.26. The predicted octanol–water partition coefficient (Wildman–Crippen LogP) is 6.30. The Bertz CT molecular complexity index is 695. The van der Waals surface area contributed by atoms with Crippen LogP contribution in [0.2, 0.25) is 6.04 Å². The molecule has 0 aromatic carbocycles. The number of carbonyl (C=O) groups is 3. The second-order valence-electron chi connectivity index (χ2n) is 9.15. The zero-order valence-corrected chi connectivity index (χ0v) is 23.0. The van der Waals surface area contributed by atoms with Crippen LogP contribution in [0.25, 0.3) is 0 Å². The maximum Gasteiger partial charge on any atom is 0.470 e. The highest BCUT2D eigenvalue weighted by Crippen LogP contribution is 2.34. The van der Waals surface area contributed by atoms with Crippen LogP contribution in [0, 0.1) is 0 Å². The average Bonchev–Trinajstić information content (AvgIpc) is 2.80. The van der Waals surface area contributed by atoms with Gasteiger partial charge in [-0.1, -0.05) is 77.6 Å². The smallest absolute Gasteiger partial charge is 0.330 e. The summed E-state index contributed by atoms with van der Waals surface area (Å²) in [6.07, 6.45) is -8.76. The number of rotatable bonds is 15. The van der Waals surface area contributed by atoms with E-state index in [1.165, 1.54) is 0 Å². The largest absolute Gasteiger partial charge is 0.470 e. The van der Waals surface area contributed by atoms with E-state index in [9.17, 15) is 53.9 Å². The van der Waals surface area contributed by atoms with Gasteiger partial charge in [0, 0.05) is 21.1 Å². The number of alkyl halides is 9. The molecular formula is C22H36F9N3O3Si. The van der Waals surface area contributed by atoms with Crippen LogP contribution in [-0.4, -0.2) is 79.6 Å². The number of halogens is 9. The molecule has 0 aliphatic carbocycles. The van der Waals surface area contributed by atoms with Crippen LogP contribution in [-0.2, 0) is 14.4 Å². The minimum absolute atomic E-state index is 0.195. The quantitative estimate of drug-likeness (QED) is 0.128. The molecule has 0 bridgehead atoms. The molecule has 224 valence electrons. The van der Waals surface area contributed by atoms with E-state index in [0.717, 1.165) is 44.9 Å². The van der Waals surface area contributed by atoms with Crippen LogP contribution < -0.4 is 0 Å². The van der Waals surface area contributed by atoms with Gasteiger partial charge in [0.25, 0.3) is 0 Å². The molecule has 0 saturated carbocycles. The fourth-order valence-corrected chi connectivity index (χ4v) is 8.70. The lowest BCUT2D eigenvalue weighted by Gasteiger charge is -2.49. The molecule has 0 aromatic heterocycles. The highest BCUT2D eigenvalue weighted by atomic mass is 28.4. The molecule has 0 fully saturated rings. The lowest BCUT2D eigenvalue weighted by atomic mass is 10.1. The molecule has 0 aliphatic rings. The Morgan fingerprint density at radius 2 is 0.737 bits per heavy atom. The summed E-state index contributed by atoms with van der Waals surface area (Å²) in [4.78, 5) is 36.2. The Labute approximate surface area is 217 Å². The molecule has 0 rings (SSSR count). The van der Waals surface area contributed by atoms with Crippen LogP contribution in [0.3, 0.4) is 0 Å². The van der Waals surface area contributed by atoms with Gasteiger partial charge in [0.2, 0.25) is 0 Å². The van der Waals surface area contributed by atoms with Crippen molar-refractivity contribution in [2.24, 2.45) is 0 Å². The van der Waals surface area contributed by atoms with Gasteiger partial charge in [-0.2, -0.15) is 39.5 Å². The van der Waals surface area contributed by atoms with Crippen molar-refractivity contribution in [3.05, 3.63) is 0 Å². The molecule has 0 N–H and O–H groups in total. The van der Waals surface area contributed by atoms with Crippen molar-refractivity contribution in [2.45, 2.75) is 102 Å². The number of unbranched alkanes of at least 4 members (excludes halogenated alkanes) is 10. The van der Waals surface area contributed by atoms with E-state index in [4.69, 9.17) is 0 Å². The molecular weight excluding hydrogens is 553 g/mol. The molecule has 0 saturated heterocycles. The summed E-state index contributed by atoms with van der Waals surface area (Å²) in [6.45, 7) is 2.09. The van der Waals surface area contributed by atoms with Gasteiger partial charge in [-0.15, -0.1) is 0 Å². The molecule has 0 heterocycles. The standard InChI is InChI=1S/C22H36F9N3O3Si/c1-5-6-7-8-9-10-11-12-13-14-15-16-38(32(2)17(35)20(23,24)25,33(3)18(36)21(26,27)28)34(4)19(37)22(29,30)31/h5-16H2,1-4H3. The van der Waals surface area contributed by atoms with Crippen molar-refractivity contribution in [2.75, 3.05) is 21.1 Å². The van der Waals surface area contributed by atoms with Gasteiger partial charge in [0.05, 0.1) is 0 Å². The monoisotopic (exact) mass is 589 g/mol. The number of hydrogen-bond acceptors (Lipinski definition) is 3. The summed E-state index contributed by atoms with van der Waals surface area (Å²) in [5.74, 6) is -8.30. The first-order chi connectivity index (χ1) is 17.3. The van der Waals surface area contributed by atoms with Crippen molar-refractivity contribution >= 4 is 26.3 Å². The summed E-state index contributed by atoms with van der Waals surface area (Å²) in [5, 5.41) is 0. The normalized spacial score (nSPS) is 12.9. The average molecular weight is 590 g/mol. The maximum atomic E-state index is 13.3. The topological polar surface area (TPSA) is 60.9 Å². The highest BCUT2D eigenvalue weighted by molar-refractivity contribution is 6.77. The molecule has 0 atom stereocenters. The zero-order valence-electron chi connectivity index (χ0n) is 22.0. The predicted molar refractivity (Wildman–Crippen MR) is 123 cm³/mol. The SMILES string of the molecule is CCCCCCCCCCCCC[Si](N(C)C(=O)C(F)(F)F)(N(C)C(=O)C(F)(F)F)N(C)C(=O)C(F)(F)F. The van der Waals surface area contributed by atoms with E-state index < -0.39 is 50.9 Å². The Kier molecular flexibility index (Phi) is 14.2. The first-order valence-corrected chi connectivity index (χ1v) is 14.4. The number of carbonyl (C=O) groups excluding carboxylic acids is 3. The van der Waals surface area contributed by atoms with E-state index in [2.05, 4.69) is 6.92 Å². The fraction of sp³-hybridized carbons (Fsp3) is 0.864. The molecule has 0 spiro atoms. The minimum Gasteiger partial charge on any atom is -0.330 e. The van der Waals surface area contributed by atoms with E-state index in [0.29, 0.717) is 34.0 Å². The van der Waals surface area contributed by atoms with E-state index >= 15 is 0 Å². The number of hydrogen-bond donors (Lipinski definition) is 0. The molecule has 0 radical (unpaired) electrons. The van der Waals surface area contributed by atoms with Gasteiger partial charge in [0.1, 0.15) is 0 Å². The Hall–Kier alpha value is -2.00. The minimum atomic E-state index is -5.69. The van der Waals surface area contributed by atoms with Crippen LogP contribution in [0.5, 0.6) is 0 Å². The van der Waals surface area contributed by atoms with Gasteiger partial charge >= 0.3 is 44.8 Å². The van der Waals surface area contributed by atoms with Gasteiger partial charge in [-0.3, -0.25) is 14.4 Å². The van der Waals surface area contributed by atoms with Crippen molar-refractivity contribution in [1.29, 1.82) is 0 Å². The molecule has 0 aromatic rings. The van der Waals surface area contributed by atoms with Gasteiger partial charge in [0.15, 0.2) is 0 Å². The van der Waals surface area contributed by atoms with Crippen LogP contribution >= 0.6 is 0 Å². The molecule has 3 amide bonds. The zero-order chi connectivity index (χ0) is 29.9. The third kappa shape index (κ3) is 10.3. The molecule has 6 nitrogen and oxygen atoms in total. The van der Waals surface area contributed by atoms with Crippen LogP contribution in [0.1, 0.15) is 77.6 Å². The third-order valence-electron chi connectivity index (χ3n) is 6.37.